The quantitative estimate of drug-likeness (QED) is 0.504. The first-order chi connectivity index (χ1) is 13.0. The molecule has 4 aromatic carbocycles. The minimum absolute atomic E-state index is 0.332. The Bertz CT molecular complexity index is 1150. The monoisotopic (exact) mass is 358 g/mol. The van der Waals surface area contributed by atoms with E-state index in [1.54, 1.807) is 12.1 Å². The third-order valence-electron chi connectivity index (χ3n) is 4.35. The fourth-order valence-corrected chi connectivity index (χ4v) is 2.99. The average molecular weight is 358 g/mol. The topological polar surface area (TPSA) is 74.6 Å². The van der Waals surface area contributed by atoms with Crippen molar-refractivity contribution in [1.29, 1.82) is 0 Å². The van der Waals surface area contributed by atoms with Gasteiger partial charge in [-0.1, -0.05) is 66.7 Å². The first-order valence-corrected chi connectivity index (χ1v) is 8.41. The highest BCUT2D eigenvalue weighted by Gasteiger charge is 2.10. The van der Waals surface area contributed by atoms with E-state index in [-0.39, 0.29) is 0 Å². The molecule has 4 nitrogen and oxygen atoms in total. The lowest BCUT2D eigenvalue weighted by atomic mass is 10.00. The highest BCUT2D eigenvalue weighted by molar-refractivity contribution is 6.04. The number of aryl methyl sites for hydroxylation is 1. The van der Waals surface area contributed by atoms with Crippen molar-refractivity contribution in [2.75, 3.05) is 0 Å². The number of benzene rings is 4. The average Bonchev–Trinajstić information content (AvgIpc) is 2.67. The van der Waals surface area contributed by atoms with Gasteiger partial charge in [0.25, 0.3) is 0 Å². The summed E-state index contributed by atoms with van der Waals surface area (Å²) >= 11 is 0. The van der Waals surface area contributed by atoms with Crippen LogP contribution < -0.4 is 0 Å². The van der Waals surface area contributed by atoms with Crippen molar-refractivity contribution in [3.05, 3.63) is 95.6 Å². The first-order valence-electron chi connectivity index (χ1n) is 8.41. The number of rotatable bonds is 2. The van der Waals surface area contributed by atoms with Gasteiger partial charge in [0.1, 0.15) is 0 Å². The van der Waals surface area contributed by atoms with E-state index in [4.69, 9.17) is 10.2 Å². The van der Waals surface area contributed by atoms with Gasteiger partial charge >= 0.3 is 11.9 Å². The fourth-order valence-electron chi connectivity index (χ4n) is 2.99. The molecule has 0 saturated heterocycles. The highest BCUT2D eigenvalue weighted by atomic mass is 16.4. The second-order valence-corrected chi connectivity index (χ2v) is 6.15. The SMILES string of the molecule is Cc1ccc2ccccc2c1C(=O)O.O=C(O)c1ccc2ccccc2c1. The van der Waals surface area contributed by atoms with Crippen LogP contribution in [0.15, 0.2) is 78.9 Å². The lowest BCUT2D eigenvalue weighted by molar-refractivity contribution is 0.0686. The van der Waals surface area contributed by atoms with E-state index in [9.17, 15) is 9.59 Å². The summed E-state index contributed by atoms with van der Waals surface area (Å²) in [4.78, 5) is 21.7. The number of carboxylic acids is 2. The zero-order valence-corrected chi connectivity index (χ0v) is 14.7. The molecule has 4 aromatic rings. The Hall–Kier alpha value is -3.66. The number of hydrogen-bond donors (Lipinski definition) is 2. The van der Waals surface area contributed by atoms with Crippen molar-refractivity contribution in [3.8, 4) is 0 Å². The molecule has 4 rings (SSSR count). The van der Waals surface area contributed by atoms with Crippen LogP contribution in [0.4, 0.5) is 0 Å². The molecule has 0 atom stereocenters. The molecular formula is C23H18O4. The van der Waals surface area contributed by atoms with Crippen LogP contribution in [0.2, 0.25) is 0 Å². The molecule has 0 fully saturated rings. The lowest BCUT2D eigenvalue weighted by Crippen LogP contribution is -2.00. The maximum absolute atomic E-state index is 11.0. The fraction of sp³-hybridized carbons (Fsp3) is 0.0435. The number of fused-ring (bicyclic) bond motifs is 2. The van der Waals surface area contributed by atoms with E-state index in [1.807, 2.05) is 73.7 Å². The maximum Gasteiger partial charge on any atom is 0.336 e. The number of carboxylic acid groups (broad SMARTS) is 2. The van der Waals surface area contributed by atoms with Crippen LogP contribution in [-0.2, 0) is 0 Å². The Morgan fingerprint density at radius 3 is 1.93 bits per heavy atom. The number of carbonyl (C=O) groups is 2. The van der Waals surface area contributed by atoms with Crippen LogP contribution in [0.5, 0.6) is 0 Å². The standard InChI is InChI=1S/C12H10O2.C11H8O2/c1-8-6-7-9-4-2-3-5-10(9)11(8)12(13)14;12-11(13)10-6-5-8-3-1-2-4-9(8)7-10/h2-7H,1H3,(H,13,14);1-7H,(H,12,13). The van der Waals surface area contributed by atoms with Gasteiger partial charge in [-0.3, -0.25) is 0 Å². The van der Waals surface area contributed by atoms with Crippen LogP contribution in [0, 0.1) is 6.92 Å². The maximum atomic E-state index is 11.0. The van der Waals surface area contributed by atoms with Gasteiger partial charge in [-0.25, -0.2) is 9.59 Å². The largest absolute Gasteiger partial charge is 0.478 e. The zero-order valence-electron chi connectivity index (χ0n) is 14.7. The van der Waals surface area contributed by atoms with Gasteiger partial charge < -0.3 is 10.2 Å². The highest BCUT2D eigenvalue weighted by Crippen LogP contribution is 2.21. The van der Waals surface area contributed by atoms with Crippen molar-refractivity contribution in [1.82, 2.24) is 0 Å². The summed E-state index contributed by atoms with van der Waals surface area (Å²) in [7, 11) is 0. The molecule has 0 bridgehead atoms. The van der Waals surface area contributed by atoms with Gasteiger partial charge in [0.2, 0.25) is 0 Å². The molecule has 0 unspecified atom stereocenters. The smallest absolute Gasteiger partial charge is 0.336 e. The van der Waals surface area contributed by atoms with Crippen LogP contribution in [0.3, 0.4) is 0 Å². The minimum atomic E-state index is -0.884. The number of aromatic carboxylic acids is 2. The Morgan fingerprint density at radius 2 is 1.26 bits per heavy atom. The summed E-state index contributed by atoms with van der Waals surface area (Å²) in [5, 5.41) is 21.6. The Morgan fingerprint density at radius 1 is 0.667 bits per heavy atom. The van der Waals surface area contributed by atoms with Gasteiger partial charge in [-0.15, -0.1) is 0 Å². The third kappa shape index (κ3) is 3.96. The molecule has 0 aliphatic carbocycles. The summed E-state index contributed by atoms with van der Waals surface area (Å²) in [5.74, 6) is -1.75. The van der Waals surface area contributed by atoms with Crippen molar-refractivity contribution in [3.63, 3.8) is 0 Å². The molecule has 0 spiro atoms. The van der Waals surface area contributed by atoms with E-state index in [1.165, 1.54) is 0 Å². The van der Waals surface area contributed by atoms with Crippen molar-refractivity contribution in [2.24, 2.45) is 0 Å². The first kappa shape index (κ1) is 18.1. The summed E-state index contributed by atoms with van der Waals surface area (Å²) in [6.07, 6.45) is 0. The van der Waals surface area contributed by atoms with E-state index in [2.05, 4.69) is 0 Å². The summed E-state index contributed by atoms with van der Waals surface area (Å²) in [5.41, 5.74) is 1.54. The molecule has 0 saturated carbocycles. The van der Waals surface area contributed by atoms with E-state index < -0.39 is 11.9 Å². The summed E-state index contributed by atoms with van der Waals surface area (Å²) in [6, 6.07) is 24.1. The van der Waals surface area contributed by atoms with Crippen molar-refractivity contribution >= 4 is 33.5 Å². The van der Waals surface area contributed by atoms with E-state index >= 15 is 0 Å². The normalized spacial score (nSPS) is 10.3. The van der Waals surface area contributed by atoms with Gasteiger partial charge in [0, 0.05) is 0 Å². The molecule has 0 heterocycles. The van der Waals surface area contributed by atoms with E-state index in [0.717, 1.165) is 27.1 Å². The molecular weight excluding hydrogens is 340 g/mol. The van der Waals surface area contributed by atoms with Crippen LogP contribution in [-0.4, -0.2) is 22.2 Å². The molecule has 27 heavy (non-hydrogen) atoms. The van der Waals surface area contributed by atoms with Gasteiger partial charge in [-0.2, -0.15) is 0 Å². The Labute approximate surface area is 156 Å². The van der Waals surface area contributed by atoms with Gasteiger partial charge in [-0.05, 0) is 46.2 Å². The molecule has 0 aliphatic rings. The van der Waals surface area contributed by atoms with Gasteiger partial charge in [0.15, 0.2) is 0 Å². The summed E-state index contributed by atoms with van der Waals surface area (Å²) in [6.45, 7) is 1.82. The molecule has 134 valence electrons. The van der Waals surface area contributed by atoms with Crippen molar-refractivity contribution < 1.29 is 19.8 Å². The molecule has 2 N–H and O–H groups in total. The molecule has 0 radical (unpaired) electrons. The predicted molar refractivity (Wildman–Crippen MR) is 107 cm³/mol. The Kier molecular flexibility index (Phi) is 5.18. The second-order valence-electron chi connectivity index (χ2n) is 6.15. The number of hydrogen-bond acceptors (Lipinski definition) is 2. The van der Waals surface area contributed by atoms with Crippen LogP contribution in [0.25, 0.3) is 21.5 Å². The Balaban J connectivity index is 0.000000156. The predicted octanol–water partition coefficient (Wildman–Crippen LogP) is 5.38. The molecule has 0 aromatic heterocycles. The van der Waals surface area contributed by atoms with Crippen LogP contribution >= 0.6 is 0 Å². The summed E-state index contributed by atoms with van der Waals surface area (Å²) < 4.78 is 0. The third-order valence-corrected chi connectivity index (χ3v) is 4.35. The second kappa shape index (κ2) is 7.70. The zero-order chi connectivity index (χ0) is 19.4. The lowest BCUT2D eigenvalue weighted by Gasteiger charge is -2.05. The van der Waals surface area contributed by atoms with E-state index in [0.29, 0.717) is 11.1 Å². The van der Waals surface area contributed by atoms with Crippen molar-refractivity contribution in [2.45, 2.75) is 6.92 Å². The van der Waals surface area contributed by atoms with Crippen LogP contribution in [0.1, 0.15) is 26.3 Å². The molecule has 0 aliphatic heterocycles. The molecule has 4 heteroatoms. The molecule has 0 amide bonds. The minimum Gasteiger partial charge on any atom is -0.478 e. The van der Waals surface area contributed by atoms with Gasteiger partial charge in [0.05, 0.1) is 11.1 Å².